The summed E-state index contributed by atoms with van der Waals surface area (Å²) in [7, 11) is 6.27. The van der Waals surface area contributed by atoms with Gasteiger partial charge in [-0.25, -0.2) is 14.6 Å². The van der Waals surface area contributed by atoms with Gasteiger partial charge in [-0.15, -0.1) is 0 Å². The van der Waals surface area contributed by atoms with Gasteiger partial charge in [0.2, 0.25) is 0 Å². The summed E-state index contributed by atoms with van der Waals surface area (Å²) in [4.78, 5) is 48.5. The largest absolute Gasteiger partial charge is 1.00 e. The van der Waals surface area contributed by atoms with Crippen molar-refractivity contribution in [3.63, 3.8) is 0 Å². The molecule has 0 aromatic heterocycles. The van der Waals surface area contributed by atoms with Crippen LogP contribution in [0, 0.1) is 40.4 Å². The predicted molar refractivity (Wildman–Crippen MR) is 234 cm³/mol. The Morgan fingerprint density at radius 1 is 0.985 bits per heavy atom. The number of ether oxygens (including phenoxy) is 7. The molecule has 19 atom stereocenters. The molecule has 2 spiro atoms. The van der Waals surface area contributed by atoms with E-state index in [0.717, 1.165) is 0 Å². The number of guanidine groups is 1. The molecule has 1 saturated heterocycles. The zero-order valence-corrected chi connectivity index (χ0v) is 41.5. The number of nitrogens with zero attached hydrogens (tertiary/aromatic N) is 3. The van der Waals surface area contributed by atoms with E-state index in [1.165, 1.54) is 14.0 Å². The van der Waals surface area contributed by atoms with Crippen LogP contribution in [0.25, 0.3) is 0 Å². The molecule has 7 fully saturated rings. The van der Waals surface area contributed by atoms with E-state index >= 15 is 0 Å². The molecule has 23 heteroatoms. The minimum Gasteiger partial charge on any atom is -1.00 e. The molecule has 12 N–H and O–H groups in total. The van der Waals surface area contributed by atoms with Crippen molar-refractivity contribution in [2.45, 2.75) is 117 Å². The van der Waals surface area contributed by atoms with E-state index in [4.69, 9.17) is 50.4 Å². The number of aliphatic imine (C=N–C) groups is 2. The van der Waals surface area contributed by atoms with Gasteiger partial charge in [-0.2, -0.15) is 0 Å². The van der Waals surface area contributed by atoms with Gasteiger partial charge in [-0.1, -0.05) is 25.1 Å². The summed E-state index contributed by atoms with van der Waals surface area (Å²) in [6, 6.07) is 6.80. The van der Waals surface area contributed by atoms with Crippen molar-refractivity contribution in [2.24, 2.45) is 67.6 Å². The van der Waals surface area contributed by atoms with Crippen LogP contribution in [-0.4, -0.2) is 192 Å². The third kappa shape index (κ3) is 6.58. The summed E-state index contributed by atoms with van der Waals surface area (Å²) in [6.07, 6.45) is -5.88. The summed E-state index contributed by atoms with van der Waals surface area (Å²) >= 11 is 0. The van der Waals surface area contributed by atoms with Crippen molar-refractivity contribution in [3.8, 4) is 0 Å². The number of carbonyl (C=O) groups excluding carboxylic acids is 3. The molecule has 1 aromatic carbocycles. The number of rotatable bonds is 11. The molecule has 10 rings (SSSR count). The fourth-order valence-electron chi connectivity index (χ4n) is 16.0. The standard InChI is InChI=1S/C34H47NO11.C11H18N6O4.Na.H/c1-7-35-15-31(16-41-3)20(37)13-21(42-4)33-19-14-32(40)28(45-30(39)18-11-9-8-10-12-18)22(19)34(46-17(2)36,27(38)29(32)44-6)23(26(33)35)24(43-5)25(31)33;12-7-4-1-2-10(19,20)11(4)6(16-8(13)17-11)5(15-7)3-21-9(14)18;;/h8-12,19-29,37-38,40H,7,13-16H2,1-6H3;4-6,19-20H,1-3H2,(H2,12,15)(H2,14,18)(H3,13,16,17);;/q;;+1;-1/t19-,20-,21+,22-,23+,24+,25-,26?,27+,28-,29+,31+,32-,33+,34-;4?,5?,6-,11+;;/m10../s1. The smallest absolute Gasteiger partial charge is 1.00 e. The Morgan fingerprint density at radius 2 is 1.69 bits per heavy atom. The number of carbonyl (C=O) groups is 3. The number of primary amides is 1. The number of piperidine rings is 1. The van der Waals surface area contributed by atoms with E-state index in [1.807, 2.05) is 6.92 Å². The van der Waals surface area contributed by atoms with Crippen LogP contribution >= 0.6 is 0 Å². The Kier molecular flexibility index (Phi) is 13.4. The van der Waals surface area contributed by atoms with Gasteiger partial charge < -0.3 is 82.6 Å². The van der Waals surface area contributed by atoms with E-state index in [2.05, 4.69) is 20.2 Å². The molecular weight excluding hydrogens is 902 g/mol. The number of hydrogen-bond donors (Lipinski definition) is 9. The monoisotopic (exact) mass is 967 g/mol. The Hall–Kier alpha value is -3.23. The number of benzene rings is 1. The van der Waals surface area contributed by atoms with Crippen molar-refractivity contribution >= 4 is 29.8 Å². The van der Waals surface area contributed by atoms with Crippen LogP contribution in [0.2, 0.25) is 0 Å². The summed E-state index contributed by atoms with van der Waals surface area (Å²) in [5.74, 6) is -5.77. The van der Waals surface area contributed by atoms with Crippen LogP contribution < -0.4 is 52.1 Å². The zero-order valence-electron chi connectivity index (χ0n) is 40.5. The molecule has 7 bridgehead atoms. The Labute approximate surface area is 417 Å². The molecule has 6 aliphatic carbocycles. The number of methoxy groups -OCH3 is 4. The van der Waals surface area contributed by atoms with Gasteiger partial charge in [0.1, 0.15) is 54.0 Å². The van der Waals surface area contributed by atoms with E-state index in [9.17, 15) is 39.9 Å². The second-order valence-corrected chi connectivity index (χ2v) is 20.0. The average Bonchev–Trinajstić information content (AvgIpc) is 3.93. The fourth-order valence-corrected chi connectivity index (χ4v) is 16.0. The number of likely N-dealkylation sites (tertiary alicyclic amines) is 1. The van der Waals surface area contributed by atoms with E-state index in [1.54, 1.807) is 51.7 Å². The quantitative estimate of drug-likeness (QED) is 0.0433. The molecule has 1 amide bonds. The van der Waals surface area contributed by atoms with Gasteiger partial charge in [0.05, 0.1) is 30.5 Å². The minimum atomic E-state index is -2.04. The molecule has 9 aliphatic rings. The van der Waals surface area contributed by atoms with Crippen molar-refractivity contribution < 1.29 is 104 Å². The van der Waals surface area contributed by atoms with Gasteiger partial charge in [0.15, 0.2) is 17.3 Å². The van der Waals surface area contributed by atoms with Gasteiger partial charge in [-0.3, -0.25) is 14.7 Å². The van der Waals surface area contributed by atoms with Crippen LogP contribution in [0.5, 0.6) is 0 Å². The molecule has 0 radical (unpaired) electrons. The normalized spacial score (nSPS) is 46.0. The van der Waals surface area contributed by atoms with Gasteiger partial charge in [0.25, 0.3) is 0 Å². The Morgan fingerprint density at radius 3 is 2.29 bits per heavy atom. The first-order valence-electron chi connectivity index (χ1n) is 22.9. The molecule has 1 aromatic rings. The third-order valence-corrected chi connectivity index (χ3v) is 17.7. The van der Waals surface area contributed by atoms with Crippen LogP contribution in [0.4, 0.5) is 4.79 Å². The molecule has 6 saturated carbocycles. The number of esters is 2. The van der Waals surface area contributed by atoms with E-state index in [-0.39, 0.29) is 80.8 Å². The number of fused-ring (bicyclic) bond motifs is 2. The topological polar surface area (TPSA) is 335 Å². The van der Waals surface area contributed by atoms with Crippen LogP contribution in [-0.2, 0) is 38.0 Å². The first-order valence-corrected chi connectivity index (χ1v) is 22.9. The van der Waals surface area contributed by atoms with E-state index < -0.39 is 124 Å². The summed E-state index contributed by atoms with van der Waals surface area (Å²) in [5, 5.41) is 60.9. The summed E-state index contributed by atoms with van der Waals surface area (Å²) < 4.78 is 42.2. The van der Waals surface area contributed by atoms with Crippen LogP contribution in [0.3, 0.4) is 0 Å². The second kappa shape index (κ2) is 17.8. The first kappa shape index (κ1) is 51.1. The average molecular weight is 968 g/mol. The molecule has 3 heterocycles. The number of nitrogens with one attached hydrogen (secondary N) is 1. The minimum absolute atomic E-state index is 0. The molecule has 22 nitrogen and oxygen atoms in total. The summed E-state index contributed by atoms with van der Waals surface area (Å²) in [6.45, 7) is 4.52. The number of nitrogens with two attached hydrogens (primary N) is 3. The fraction of sp³-hybridized carbons (Fsp3) is 0.756. The maximum Gasteiger partial charge on any atom is 1.00 e. The van der Waals surface area contributed by atoms with Crippen molar-refractivity contribution in [2.75, 3.05) is 54.7 Å². The number of aliphatic hydroxyl groups excluding tert-OH is 2. The molecular formula is C45H66N7NaO15. The number of amides is 1. The van der Waals surface area contributed by atoms with E-state index in [0.29, 0.717) is 31.5 Å². The Bertz CT molecular complexity index is 2200. The van der Waals surface area contributed by atoms with Crippen LogP contribution in [0.1, 0.15) is 51.3 Å². The third-order valence-electron chi connectivity index (χ3n) is 17.7. The van der Waals surface area contributed by atoms with Crippen LogP contribution in [0.15, 0.2) is 40.3 Å². The zero-order chi connectivity index (χ0) is 48.4. The van der Waals surface area contributed by atoms with Gasteiger partial charge in [0, 0.05) is 95.3 Å². The number of aliphatic hydroxyl groups is 5. The molecule has 3 unspecified atom stereocenters. The summed E-state index contributed by atoms with van der Waals surface area (Å²) in [5.41, 5.74) is 10.6. The van der Waals surface area contributed by atoms with Gasteiger partial charge >= 0.3 is 47.6 Å². The van der Waals surface area contributed by atoms with Crippen molar-refractivity contribution in [1.82, 2.24) is 10.2 Å². The van der Waals surface area contributed by atoms with Gasteiger partial charge in [-0.05, 0) is 37.4 Å². The number of hydrogen-bond acceptors (Lipinski definition) is 21. The molecule has 372 valence electrons. The predicted octanol–water partition coefficient (Wildman–Crippen LogP) is -5.30. The SMILES string of the molecule is CCN1C[C@]2(COC)[C@H](O)C[C@H](OC)[C@]34C1[C@H]([C@H](OC)[C@H]23)[C@]1(OC(C)=O)[C@H]2[C@@H](OC(=O)c3ccccc3)[C@](O)(C[C@H]24)[C@@H](OC)[C@@H]1O.NC(=O)OCC1N=C(N)C2CCC(O)(O)[C@@]23NC(N)=N[C@@H]13.[H-].[Na+]. The second-order valence-electron chi connectivity index (χ2n) is 20.0. The first-order chi connectivity index (χ1) is 31.8. The maximum atomic E-state index is 13.8. The van der Waals surface area contributed by atoms with Crippen molar-refractivity contribution in [3.05, 3.63) is 35.9 Å². The number of amidine groups is 1. The maximum absolute atomic E-state index is 13.8. The molecule has 3 aliphatic heterocycles. The molecule has 68 heavy (non-hydrogen) atoms. The Balaban J connectivity index is 0.000000257. The van der Waals surface area contributed by atoms with Crippen molar-refractivity contribution in [1.29, 1.82) is 0 Å².